The van der Waals surface area contributed by atoms with Crippen LogP contribution in [0.4, 0.5) is 0 Å². The summed E-state index contributed by atoms with van der Waals surface area (Å²) in [6.07, 6.45) is 0. The van der Waals surface area contributed by atoms with E-state index in [1.807, 2.05) is 27.7 Å². The molecule has 0 aliphatic rings. The lowest BCUT2D eigenvalue weighted by Crippen LogP contribution is -2.36. The Bertz CT molecular complexity index is 513. The van der Waals surface area contributed by atoms with Gasteiger partial charge in [0.2, 0.25) is 5.91 Å². The Balaban J connectivity index is 3.13. The van der Waals surface area contributed by atoms with Crippen LogP contribution in [0.3, 0.4) is 0 Å². The zero-order valence-electron chi connectivity index (χ0n) is 14.6. The summed E-state index contributed by atoms with van der Waals surface area (Å²) in [6.45, 7) is 14.2. The van der Waals surface area contributed by atoms with Gasteiger partial charge >= 0.3 is 0 Å². The summed E-state index contributed by atoms with van der Waals surface area (Å²) in [7, 11) is 1.70. The van der Waals surface area contributed by atoms with E-state index in [2.05, 4.69) is 38.2 Å². The average molecular weight is 291 g/mol. The van der Waals surface area contributed by atoms with Crippen LogP contribution in [0.25, 0.3) is 0 Å². The Kier molecular flexibility index (Phi) is 5.43. The van der Waals surface area contributed by atoms with Gasteiger partial charge in [0.25, 0.3) is 0 Å². The zero-order chi connectivity index (χ0) is 16.4. The lowest BCUT2D eigenvalue weighted by Gasteiger charge is -2.24. The van der Waals surface area contributed by atoms with E-state index < -0.39 is 0 Å². The molecule has 1 rings (SSSR count). The van der Waals surface area contributed by atoms with Gasteiger partial charge in [-0.15, -0.1) is 0 Å². The van der Waals surface area contributed by atoms with Crippen LogP contribution in [0, 0.1) is 12.3 Å². The minimum Gasteiger partial charge on any atom is -0.496 e. The Morgan fingerprint density at radius 1 is 1.14 bits per heavy atom. The van der Waals surface area contributed by atoms with Crippen LogP contribution in [0.1, 0.15) is 70.2 Å². The monoisotopic (exact) mass is 291 g/mol. The molecule has 0 heterocycles. The molecular formula is C18H29NO2. The van der Waals surface area contributed by atoms with Gasteiger partial charge in [-0.25, -0.2) is 0 Å². The van der Waals surface area contributed by atoms with E-state index in [0.717, 1.165) is 16.9 Å². The molecule has 0 spiro atoms. The second-order valence-electron chi connectivity index (χ2n) is 7.05. The van der Waals surface area contributed by atoms with Crippen LogP contribution in [-0.4, -0.2) is 13.0 Å². The van der Waals surface area contributed by atoms with Crippen molar-refractivity contribution in [3.63, 3.8) is 0 Å². The molecule has 1 amide bonds. The van der Waals surface area contributed by atoms with E-state index in [4.69, 9.17) is 4.74 Å². The topological polar surface area (TPSA) is 38.3 Å². The lowest BCUT2D eigenvalue weighted by molar-refractivity contribution is -0.129. The van der Waals surface area contributed by atoms with Gasteiger partial charge in [0, 0.05) is 5.41 Å². The standard InChI is InChI=1S/C18H29NO2/c1-11(2)14-10-15(12(3)9-16(14)21-8)13(4)19-17(20)18(5,6)7/h9-11,13H,1-8H3,(H,19,20). The highest BCUT2D eigenvalue weighted by Crippen LogP contribution is 2.32. The van der Waals surface area contributed by atoms with E-state index >= 15 is 0 Å². The fourth-order valence-corrected chi connectivity index (χ4v) is 2.30. The van der Waals surface area contributed by atoms with Crippen LogP contribution >= 0.6 is 0 Å². The summed E-state index contributed by atoms with van der Waals surface area (Å²) in [6, 6.07) is 4.21. The lowest BCUT2D eigenvalue weighted by atomic mass is 9.91. The van der Waals surface area contributed by atoms with E-state index in [1.54, 1.807) is 7.11 Å². The molecule has 1 N–H and O–H groups in total. The summed E-state index contributed by atoms with van der Waals surface area (Å²) in [5, 5.41) is 3.10. The molecule has 1 atom stereocenters. The first-order valence-corrected chi connectivity index (χ1v) is 7.57. The molecule has 21 heavy (non-hydrogen) atoms. The summed E-state index contributed by atoms with van der Waals surface area (Å²) < 4.78 is 5.47. The third-order valence-electron chi connectivity index (χ3n) is 3.74. The van der Waals surface area contributed by atoms with E-state index in [1.165, 1.54) is 5.56 Å². The van der Waals surface area contributed by atoms with Crippen molar-refractivity contribution in [1.82, 2.24) is 5.32 Å². The molecular weight excluding hydrogens is 262 g/mol. The smallest absolute Gasteiger partial charge is 0.225 e. The van der Waals surface area contributed by atoms with E-state index in [9.17, 15) is 4.79 Å². The number of hydrogen-bond donors (Lipinski definition) is 1. The Labute approximate surface area is 129 Å². The predicted molar refractivity (Wildman–Crippen MR) is 87.8 cm³/mol. The summed E-state index contributed by atoms with van der Waals surface area (Å²) in [5.41, 5.74) is 3.08. The largest absolute Gasteiger partial charge is 0.496 e. The number of carbonyl (C=O) groups is 1. The highest BCUT2D eigenvalue weighted by molar-refractivity contribution is 5.81. The summed E-state index contributed by atoms with van der Waals surface area (Å²) in [5.74, 6) is 1.36. The third kappa shape index (κ3) is 4.23. The molecule has 1 unspecified atom stereocenters. The number of amides is 1. The van der Waals surface area contributed by atoms with Crippen molar-refractivity contribution in [2.45, 2.75) is 60.4 Å². The highest BCUT2D eigenvalue weighted by atomic mass is 16.5. The first kappa shape index (κ1) is 17.5. The van der Waals surface area contributed by atoms with Crippen LogP contribution in [0.2, 0.25) is 0 Å². The van der Waals surface area contributed by atoms with Crippen molar-refractivity contribution >= 4 is 5.91 Å². The molecule has 0 bridgehead atoms. The van der Waals surface area contributed by atoms with Gasteiger partial charge in [0.15, 0.2) is 0 Å². The van der Waals surface area contributed by atoms with Crippen molar-refractivity contribution in [2.75, 3.05) is 7.11 Å². The Morgan fingerprint density at radius 2 is 1.71 bits per heavy atom. The van der Waals surface area contributed by atoms with Gasteiger partial charge in [0.05, 0.1) is 13.2 Å². The molecule has 0 saturated heterocycles. The average Bonchev–Trinajstić information content (AvgIpc) is 2.36. The number of carbonyl (C=O) groups excluding carboxylic acids is 1. The molecule has 0 aromatic heterocycles. The first-order valence-electron chi connectivity index (χ1n) is 7.57. The van der Waals surface area contributed by atoms with Gasteiger partial charge in [-0.05, 0) is 48.6 Å². The highest BCUT2D eigenvalue weighted by Gasteiger charge is 2.24. The van der Waals surface area contributed by atoms with E-state index in [-0.39, 0.29) is 17.4 Å². The third-order valence-corrected chi connectivity index (χ3v) is 3.74. The minimum absolute atomic E-state index is 0.0138. The maximum Gasteiger partial charge on any atom is 0.225 e. The number of nitrogens with one attached hydrogen (secondary N) is 1. The number of benzene rings is 1. The Morgan fingerprint density at radius 3 is 2.14 bits per heavy atom. The number of hydrogen-bond acceptors (Lipinski definition) is 2. The SMILES string of the molecule is COc1cc(C)c(C(C)NC(=O)C(C)(C)C)cc1C(C)C. The summed E-state index contributed by atoms with van der Waals surface area (Å²) >= 11 is 0. The molecule has 3 heteroatoms. The molecule has 0 aliphatic carbocycles. The second-order valence-corrected chi connectivity index (χ2v) is 7.05. The fraction of sp³-hybridized carbons (Fsp3) is 0.611. The molecule has 1 aromatic carbocycles. The van der Waals surface area contributed by atoms with Crippen LogP contribution < -0.4 is 10.1 Å². The normalized spacial score (nSPS) is 13.2. The van der Waals surface area contributed by atoms with Crippen molar-refractivity contribution in [2.24, 2.45) is 5.41 Å². The molecule has 1 aromatic rings. The number of aryl methyl sites for hydroxylation is 1. The predicted octanol–water partition coefficient (Wildman–Crippen LogP) is 4.35. The number of ether oxygens (including phenoxy) is 1. The molecule has 0 fully saturated rings. The van der Waals surface area contributed by atoms with Gasteiger partial charge in [-0.3, -0.25) is 4.79 Å². The van der Waals surface area contributed by atoms with Crippen molar-refractivity contribution in [3.05, 3.63) is 28.8 Å². The van der Waals surface area contributed by atoms with Crippen LogP contribution in [-0.2, 0) is 4.79 Å². The number of rotatable bonds is 4. The fourth-order valence-electron chi connectivity index (χ4n) is 2.30. The number of methoxy groups -OCH3 is 1. The zero-order valence-corrected chi connectivity index (χ0v) is 14.6. The molecule has 0 aliphatic heterocycles. The van der Waals surface area contributed by atoms with Gasteiger partial charge in [-0.2, -0.15) is 0 Å². The van der Waals surface area contributed by atoms with Gasteiger partial charge in [0.1, 0.15) is 5.75 Å². The van der Waals surface area contributed by atoms with Gasteiger partial charge < -0.3 is 10.1 Å². The molecule has 0 saturated carbocycles. The quantitative estimate of drug-likeness (QED) is 0.895. The van der Waals surface area contributed by atoms with Crippen LogP contribution in [0.5, 0.6) is 5.75 Å². The first-order chi connectivity index (χ1) is 9.57. The van der Waals surface area contributed by atoms with Crippen molar-refractivity contribution in [1.29, 1.82) is 0 Å². The van der Waals surface area contributed by atoms with Gasteiger partial charge in [-0.1, -0.05) is 34.6 Å². The summed E-state index contributed by atoms with van der Waals surface area (Å²) in [4.78, 5) is 12.2. The second kappa shape index (κ2) is 6.50. The van der Waals surface area contributed by atoms with Crippen molar-refractivity contribution in [3.8, 4) is 5.75 Å². The maximum absolute atomic E-state index is 12.2. The van der Waals surface area contributed by atoms with Crippen LogP contribution in [0.15, 0.2) is 12.1 Å². The van der Waals surface area contributed by atoms with Crippen molar-refractivity contribution < 1.29 is 9.53 Å². The Hall–Kier alpha value is -1.51. The molecule has 118 valence electrons. The van der Waals surface area contributed by atoms with E-state index in [0.29, 0.717) is 5.92 Å². The minimum atomic E-state index is -0.379. The molecule has 0 radical (unpaired) electrons. The molecule has 3 nitrogen and oxygen atoms in total. The maximum atomic E-state index is 12.2.